The molecule has 5 nitrogen and oxygen atoms in total. The number of carbonyl (C=O) groups excluding carboxylic acids is 1. The molecule has 0 saturated carbocycles. The van der Waals surface area contributed by atoms with Crippen LogP contribution >= 0.6 is 0 Å². The highest BCUT2D eigenvalue weighted by atomic mass is 16.4. The summed E-state index contributed by atoms with van der Waals surface area (Å²) < 4.78 is 0. The first-order chi connectivity index (χ1) is 8.45. The van der Waals surface area contributed by atoms with Crippen LogP contribution in [-0.4, -0.2) is 23.0 Å². The Bertz CT molecular complexity index is 458. The van der Waals surface area contributed by atoms with Crippen molar-refractivity contribution in [2.45, 2.75) is 32.7 Å². The fourth-order valence-corrected chi connectivity index (χ4v) is 1.59. The molecular weight excluding hydrogens is 232 g/mol. The second-order valence-electron chi connectivity index (χ2n) is 4.20. The van der Waals surface area contributed by atoms with Gasteiger partial charge in [0.25, 0.3) is 0 Å². The number of carboxylic acids is 1. The normalized spacial score (nSPS) is 11.9. The molecule has 98 valence electrons. The molecular formula is C13H18N2O3. The van der Waals surface area contributed by atoms with E-state index in [-0.39, 0.29) is 23.9 Å². The van der Waals surface area contributed by atoms with Crippen molar-refractivity contribution in [1.82, 2.24) is 0 Å². The summed E-state index contributed by atoms with van der Waals surface area (Å²) in [6.07, 6.45) is 0.953. The number of carbonyl (C=O) groups is 2. The average molecular weight is 250 g/mol. The number of anilines is 1. The molecule has 0 aliphatic rings. The highest BCUT2D eigenvalue weighted by Crippen LogP contribution is 2.19. The highest BCUT2D eigenvalue weighted by molar-refractivity contribution is 5.96. The lowest BCUT2D eigenvalue weighted by Gasteiger charge is -2.12. The van der Waals surface area contributed by atoms with E-state index >= 15 is 0 Å². The first kappa shape index (κ1) is 14.2. The first-order valence-electron chi connectivity index (χ1n) is 5.84. The number of benzene rings is 1. The van der Waals surface area contributed by atoms with Crippen molar-refractivity contribution in [3.05, 3.63) is 29.3 Å². The van der Waals surface area contributed by atoms with Crippen molar-refractivity contribution in [3.8, 4) is 0 Å². The molecule has 1 aromatic rings. The van der Waals surface area contributed by atoms with Crippen LogP contribution in [0.5, 0.6) is 0 Å². The Hall–Kier alpha value is -1.88. The van der Waals surface area contributed by atoms with Gasteiger partial charge in [-0.25, -0.2) is 4.79 Å². The van der Waals surface area contributed by atoms with Crippen molar-refractivity contribution in [3.63, 3.8) is 0 Å². The lowest BCUT2D eigenvalue weighted by atomic mass is 10.1. The van der Waals surface area contributed by atoms with Gasteiger partial charge in [-0.15, -0.1) is 0 Å². The number of rotatable bonds is 5. The Balaban J connectivity index is 2.82. The van der Waals surface area contributed by atoms with Gasteiger partial charge < -0.3 is 16.2 Å². The van der Waals surface area contributed by atoms with Crippen molar-refractivity contribution >= 4 is 17.6 Å². The number of carboxylic acid groups (broad SMARTS) is 1. The Kier molecular flexibility index (Phi) is 4.85. The lowest BCUT2D eigenvalue weighted by molar-refractivity contribution is -0.116. The van der Waals surface area contributed by atoms with Crippen molar-refractivity contribution in [2.24, 2.45) is 5.73 Å². The van der Waals surface area contributed by atoms with Crippen LogP contribution in [-0.2, 0) is 4.79 Å². The molecule has 0 fully saturated rings. The van der Waals surface area contributed by atoms with E-state index in [1.165, 1.54) is 6.07 Å². The molecule has 18 heavy (non-hydrogen) atoms. The fourth-order valence-electron chi connectivity index (χ4n) is 1.59. The summed E-state index contributed by atoms with van der Waals surface area (Å²) in [6.45, 7) is 3.58. The van der Waals surface area contributed by atoms with Crippen LogP contribution in [0.1, 0.15) is 35.7 Å². The minimum absolute atomic E-state index is 0.173. The quantitative estimate of drug-likeness (QED) is 0.742. The molecule has 1 rings (SSSR count). The maximum absolute atomic E-state index is 11.7. The second-order valence-corrected chi connectivity index (χ2v) is 4.20. The van der Waals surface area contributed by atoms with Gasteiger partial charge in [-0.3, -0.25) is 4.79 Å². The van der Waals surface area contributed by atoms with E-state index in [0.717, 1.165) is 6.42 Å². The van der Waals surface area contributed by atoms with Crippen LogP contribution in [0.15, 0.2) is 18.2 Å². The molecule has 1 aromatic carbocycles. The molecule has 0 aliphatic carbocycles. The van der Waals surface area contributed by atoms with Gasteiger partial charge >= 0.3 is 5.97 Å². The summed E-state index contributed by atoms with van der Waals surface area (Å²) in [5, 5.41) is 11.7. The van der Waals surface area contributed by atoms with E-state index in [9.17, 15) is 9.59 Å². The van der Waals surface area contributed by atoms with Gasteiger partial charge in [0, 0.05) is 18.2 Å². The van der Waals surface area contributed by atoms with E-state index in [0.29, 0.717) is 11.3 Å². The van der Waals surface area contributed by atoms with Crippen LogP contribution in [0.4, 0.5) is 5.69 Å². The van der Waals surface area contributed by atoms with E-state index in [2.05, 4.69) is 5.32 Å². The molecule has 0 spiro atoms. The summed E-state index contributed by atoms with van der Waals surface area (Å²) in [7, 11) is 0. The molecule has 0 radical (unpaired) electrons. The monoisotopic (exact) mass is 250 g/mol. The minimum Gasteiger partial charge on any atom is -0.478 e. The molecule has 4 N–H and O–H groups in total. The molecule has 1 amide bonds. The lowest BCUT2D eigenvalue weighted by Crippen LogP contribution is -2.26. The second kappa shape index (κ2) is 6.16. The third-order valence-electron chi connectivity index (χ3n) is 2.81. The van der Waals surface area contributed by atoms with E-state index in [1.54, 1.807) is 19.1 Å². The Labute approximate surface area is 106 Å². The zero-order valence-electron chi connectivity index (χ0n) is 10.6. The zero-order valence-corrected chi connectivity index (χ0v) is 10.6. The van der Waals surface area contributed by atoms with Crippen molar-refractivity contribution in [1.29, 1.82) is 0 Å². The van der Waals surface area contributed by atoms with Crippen molar-refractivity contribution in [2.75, 3.05) is 5.32 Å². The molecule has 1 unspecified atom stereocenters. The van der Waals surface area contributed by atoms with Gasteiger partial charge in [-0.2, -0.15) is 0 Å². The van der Waals surface area contributed by atoms with Crippen LogP contribution in [0.3, 0.4) is 0 Å². The zero-order chi connectivity index (χ0) is 13.7. The van der Waals surface area contributed by atoms with E-state index in [4.69, 9.17) is 10.8 Å². The van der Waals surface area contributed by atoms with Gasteiger partial charge in [0.05, 0.1) is 5.56 Å². The predicted octanol–water partition coefficient (Wildman–Crippen LogP) is 1.76. The maximum atomic E-state index is 11.7. The van der Waals surface area contributed by atoms with Gasteiger partial charge in [-0.1, -0.05) is 13.0 Å². The summed E-state index contributed by atoms with van der Waals surface area (Å²) >= 11 is 0. The van der Waals surface area contributed by atoms with Crippen molar-refractivity contribution < 1.29 is 14.7 Å². The number of nitrogens with two attached hydrogens (primary N) is 1. The Morgan fingerprint density at radius 3 is 2.67 bits per heavy atom. The van der Waals surface area contributed by atoms with E-state index in [1.807, 2.05) is 6.92 Å². The molecule has 0 heterocycles. The van der Waals surface area contributed by atoms with Gasteiger partial charge in [0.15, 0.2) is 0 Å². The summed E-state index contributed by atoms with van der Waals surface area (Å²) in [6, 6.07) is 4.61. The third-order valence-corrected chi connectivity index (χ3v) is 2.81. The van der Waals surface area contributed by atoms with E-state index < -0.39 is 5.97 Å². The molecule has 0 bridgehead atoms. The van der Waals surface area contributed by atoms with Crippen LogP contribution in [0, 0.1) is 6.92 Å². The first-order valence-corrected chi connectivity index (χ1v) is 5.84. The largest absolute Gasteiger partial charge is 0.478 e. The summed E-state index contributed by atoms with van der Waals surface area (Å²) in [4.78, 5) is 22.6. The highest BCUT2D eigenvalue weighted by Gasteiger charge is 2.13. The number of hydrogen-bond donors (Lipinski definition) is 3. The fraction of sp³-hybridized carbons (Fsp3) is 0.385. The topological polar surface area (TPSA) is 92.4 Å². The van der Waals surface area contributed by atoms with Gasteiger partial charge in [0.1, 0.15) is 0 Å². The predicted molar refractivity (Wildman–Crippen MR) is 69.7 cm³/mol. The molecule has 0 saturated heterocycles. The number of aromatic carboxylic acids is 1. The van der Waals surface area contributed by atoms with Gasteiger partial charge in [0.2, 0.25) is 5.91 Å². The minimum atomic E-state index is -1.01. The maximum Gasteiger partial charge on any atom is 0.336 e. The van der Waals surface area contributed by atoms with Crippen LogP contribution < -0.4 is 11.1 Å². The molecule has 0 aromatic heterocycles. The SMILES string of the molecule is CCC(N)CC(=O)Nc1cccc(C(=O)O)c1C. The van der Waals surface area contributed by atoms with Crippen LogP contribution in [0.25, 0.3) is 0 Å². The number of amides is 1. The third kappa shape index (κ3) is 3.56. The molecule has 0 aliphatic heterocycles. The van der Waals surface area contributed by atoms with Crippen LogP contribution in [0.2, 0.25) is 0 Å². The molecule has 1 atom stereocenters. The van der Waals surface area contributed by atoms with Gasteiger partial charge in [-0.05, 0) is 31.0 Å². The Morgan fingerprint density at radius 2 is 2.11 bits per heavy atom. The Morgan fingerprint density at radius 1 is 1.44 bits per heavy atom. The smallest absolute Gasteiger partial charge is 0.336 e. The number of hydrogen-bond acceptors (Lipinski definition) is 3. The molecule has 5 heteroatoms. The average Bonchev–Trinajstić information content (AvgIpc) is 2.31. The summed E-state index contributed by atoms with van der Waals surface area (Å²) in [5.74, 6) is -1.20. The summed E-state index contributed by atoms with van der Waals surface area (Å²) in [5.41, 5.74) is 6.94. The number of nitrogens with one attached hydrogen (secondary N) is 1. The standard InChI is InChI=1S/C13H18N2O3/c1-3-9(14)7-12(16)15-11-6-4-5-10(8(11)2)13(17)18/h4-6,9H,3,7,14H2,1-2H3,(H,15,16)(H,17,18).